The van der Waals surface area contributed by atoms with Gasteiger partial charge in [-0.3, -0.25) is 14.7 Å². The summed E-state index contributed by atoms with van der Waals surface area (Å²) >= 11 is 5.90. The SMILES string of the molecule is Cc1cc(N)c2cc(NC(=O)C3CCCN3CCCOc3ccc(Cl)cc3)ccc2n1. The molecule has 1 amide bonds. The first-order chi connectivity index (χ1) is 15.0. The van der Waals surface area contributed by atoms with Crippen LogP contribution in [0.15, 0.2) is 48.5 Å². The molecule has 7 heteroatoms. The number of carbonyl (C=O) groups excluding carboxylic acids is 1. The van der Waals surface area contributed by atoms with Crippen molar-refractivity contribution in [3.63, 3.8) is 0 Å². The summed E-state index contributed by atoms with van der Waals surface area (Å²) in [4.78, 5) is 19.7. The van der Waals surface area contributed by atoms with Crippen molar-refractivity contribution in [1.82, 2.24) is 9.88 Å². The molecule has 0 bridgehead atoms. The molecule has 4 rings (SSSR count). The average Bonchev–Trinajstić information content (AvgIpc) is 3.22. The lowest BCUT2D eigenvalue weighted by molar-refractivity contribution is -0.120. The van der Waals surface area contributed by atoms with Crippen LogP contribution in [0.5, 0.6) is 5.75 Å². The van der Waals surface area contributed by atoms with Gasteiger partial charge in [-0.1, -0.05) is 11.6 Å². The van der Waals surface area contributed by atoms with Crippen molar-refractivity contribution in [2.24, 2.45) is 0 Å². The third kappa shape index (κ3) is 5.27. The van der Waals surface area contributed by atoms with Crippen LogP contribution >= 0.6 is 11.6 Å². The summed E-state index contributed by atoms with van der Waals surface area (Å²) in [6.07, 6.45) is 2.73. The lowest BCUT2D eigenvalue weighted by Crippen LogP contribution is -2.40. The molecule has 162 valence electrons. The van der Waals surface area contributed by atoms with Gasteiger partial charge in [-0.15, -0.1) is 0 Å². The molecule has 2 heterocycles. The number of nitrogens with two attached hydrogens (primary N) is 1. The number of pyridine rings is 1. The number of fused-ring (bicyclic) bond motifs is 1. The molecule has 0 aliphatic carbocycles. The fourth-order valence-electron chi connectivity index (χ4n) is 4.07. The van der Waals surface area contributed by atoms with Gasteiger partial charge in [0, 0.05) is 34.0 Å². The molecule has 0 radical (unpaired) electrons. The van der Waals surface area contributed by atoms with Gasteiger partial charge in [0.1, 0.15) is 5.75 Å². The van der Waals surface area contributed by atoms with E-state index in [-0.39, 0.29) is 11.9 Å². The first-order valence-corrected chi connectivity index (χ1v) is 11.0. The Balaban J connectivity index is 1.32. The molecule has 3 aromatic rings. The largest absolute Gasteiger partial charge is 0.494 e. The Hall–Kier alpha value is -2.83. The molecule has 1 aliphatic heterocycles. The Morgan fingerprint density at radius 2 is 2.06 bits per heavy atom. The molecule has 6 nitrogen and oxygen atoms in total. The topological polar surface area (TPSA) is 80.5 Å². The number of likely N-dealkylation sites (tertiary alicyclic amines) is 1. The fourth-order valence-corrected chi connectivity index (χ4v) is 4.20. The molecule has 1 saturated heterocycles. The van der Waals surface area contributed by atoms with E-state index in [0.29, 0.717) is 17.3 Å². The molecule has 0 spiro atoms. The monoisotopic (exact) mass is 438 g/mol. The van der Waals surface area contributed by atoms with Crippen LogP contribution in [0.1, 0.15) is 25.0 Å². The number of nitrogen functional groups attached to an aromatic ring is 1. The maximum Gasteiger partial charge on any atom is 0.241 e. The second-order valence-corrected chi connectivity index (χ2v) is 8.36. The number of hydrogen-bond donors (Lipinski definition) is 2. The number of anilines is 2. The summed E-state index contributed by atoms with van der Waals surface area (Å²) in [5.41, 5.74) is 9.26. The van der Waals surface area contributed by atoms with Crippen LogP contribution in [0.3, 0.4) is 0 Å². The van der Waals surface area contributed by atoms with Gasteiger partial charge in [0.2, 0.25) is 5.91 Å². The third-order valence-corrected chi connectivity index (χ3v) is 5.83. The van der Waals surface area contributed by atoms with Crippen molar-refractivity contribution in [3.8, 4) is 5.75 Å². The average molecular weight is 439 g/mol. The van der Waals surface area contributed by atoms with Gasteiger partial charge in [0.05, 0.1) is 18.2 Å². The molecule has 2 aromatic carbocycles. The van der Waals surface area contributed by atoms with Gasteiger partial charge in [0.15, 0.2) is 0 Å². The first kappa shape index (κ1) is 21.4. The highest BCUT2D eigenvalue weighted by atomic mass is 35.5. The van der Waals surface area contributed by atoms with Crippen LogP contribution in [-0.2, 0) is 4.79 Å². The van der Waals surface area contributed by atoms with E-state index in [2.05, 4.69) is 15.2 Å². The molecule has 1 fully saturated rings. The fraction of sp³-hybridized carbons (Fsp3) is 0.333. The summed E-state index contributed by atoms with van der Waals surface area (Å²) in [5, 5.41) is 4.61. The van der Waals surface area contributed by atoms with Gasteiger partial charge in [-0.25, -0.2) is 0 Å². The zero-order chi connectivity index (χ0) is 21.8. The number of nitrogens with zero attached hydrogens (tertiary/aromatic N) is 2. The van der Waals surface area contributed by atoms with Crippen LogP contribution < -0.4 is 15.8 Å². The van der Waals surface area contributed by atoms with Crippen molar-refractivity contribution < 1.29 is 9.53 Å². The van der Waals surface area contributed by atoms with E-state index < -0.39 is 0 Å². The number of ether oxygens (including phenoxy) is 1. The van der Waals surface area contributed by atoms with Gasteiger partial charge in [-0.2, -0.15) is 0 Å². The minimum atomic E-state index is -0.125. The Bertz CT molecular complexity index is 1070. The van der Waals surface area contributed by atoms with Gasteiger partial charge in [0.25, 0.3) is 0 Å². The summed E-state index contributed by atoms with van der Waals surface area (Å²) in [6, 6.07) is 14.8. The van der Waals surface area contributed by atoms with Crippen molar-refractivity contribution in [2.75, 3.05) is 30.7 Å². The van der Waals surface area contributed by atoms with Gasteiger partial charge >= 0.3 is 0 Å². The maximum absolute atomic E-state index is 12.9. The van der Waals surface area contributed by atoms with Crippen molar-refractivity contribution in [2.45, 2.75) is 32.2 Å². The Labute approximate surface area is 187 Å². The smallest absolute Gasteiger partial charge is 0.241 e. The number of halogens is 1. The summed E-state index contributed by atoms with van der Waals surface area (Å²) < 4.78 is 5.77. The second-order valence-electron chi connectivity index (χ2n) is 7.92. The standard InChI is InChI=1S/C24H27ClN4O2/c1-16-14-21(26)20-15-18(7-10-22(20)27-16)28-24(30)23-4-2-11-29(23)12-3-13-31-19-8-5-17(25)6-9-19/h5-10,14-15,23H,2-4,11-13H2,1H3,(H2,26,27)(H,28,30). The van der Waals surface area contributed by atoms with Crippen molar-refractivity contribution in [1.29, 1.82) is 0 Å². The normalized spacial score (nSPS) is 16.5. The molecule has 0 saturated carbocycles. The van der Waals surface area contributed by atoms with E-state index in [1.165, 1.54) is 0 Å². The second kappa shape index (κ2) is 9.54. The number of amides is 1. The van der Waals surface area contributed by atoms with Crippen molar-refractivity contribution in [3.05, 3.63) is 59.2 Å². The van der Waals surface area contributed by atoms with Crippen LogP contribution in [0.4, 0.5) is 11.4 Å². The predicted octanol–water partition coefficient (Wildman–Crippen LogP) is 4.65. The number of aromatic nitrogens is 1. The molecule has 31 heavy (non-hydrogen) atoms. The molecule has 1 atom stereocenters. The minimum Gasteiger partial charge on any atom is -0.494 e. The number of hydrogen-bond acceptors (Lipinski definition) is 5. The summed E-state index contributed by atoms with van der Waals surface area (Å²) in [5.74, 6) is 0.828. The van der Waals surface area contributed by atoms with E-state index in [9.17, 15) is 4.79 Å². The Kier molecular flexibility index (Phi) is 6.59. The zero-order valence-corrected chi connectivity index (χ0v) is 18.4. The number of aryl methyl sites for hydroxylation is 1. The van der Waals surface area contributed by atoms with Gasteiger partial charge in [-0.05, 0) is 81.3 Å². The Morgan fingerprint density at radius 1 is 1.26 bits per heavy atom. The lowest BCUT2D eigenvalue weighted by Gasteiger charge is -2.23. The van der Waals surface area contributed by atoms with E-state index in [0.717, 1.165) is 60.4 Å². The minimum absolute atomic E-state index is 0.0223. The highest BCUT2D eigenvalue weighted by Crippen LogP contribution is 2.25. The summed E-state index contributed by atoms with van der Waals surface area (Å²) in [6.45, 7) is 4.26. The maximum atomic E-state index is 12.9. The van der Waals surface area contributed by atoms with Crippen LogP contribution in [0.2, 0.25) is 5.02 Å². The summed E-state index contributed by atoms with van der Waals surface area (Å²) in [7, 11) is 0. The molecule has 1 unspecified atom stereocenters. The van der Waals surface area contributed by atoms with Crippen molar-refractivity contribution >= 4 is 39.8 Å². The van der Waals surface area contributed by atoms with Crippen LogP contribution in [0.25, 0.3) is 10.9 Å². The molecular weight excluding hydrogens is 412 g/mol. The number of nitrogens with one attached hydrogen (secondary N) is 1. The van der Waals surface area contributed by atoms with Crippen LogP contribution in [-0.4, -0.2) is 41.5 Å². The number of carbonyl (C=O) groups is 1. The third-order valence-electron chi connectivity index (χ3n) is 5.57. The predicted molar refractivity (Wildman–Crippen MR) is 126 cm³/mol. The van der Waals surface area contributed by atoms with E-state index in [1.807, 2.05) is 55.5 Å². The van der Waals surface area contributed by atoms with Crippen LogP contribution in [0, 0.1) is 6.92 Å². The Morgan fingerprint density at radius 3 is 2.87 bits per heavy atom. The molecule has 3 N–H and O–H groups in total. The van der Waals surface area contributed by atoms with E-state index in [4.69, 9.17) is 22.1 Å². The van der Waals surface area contributed by atoms with E-state index >= 15 is 0 Å². The van der Waals surface area contributed by atoms with Gasteiger partial charge < -0.3 is 15.8 Å². The number of benzene rings is 2. The number of rotatable bonds is 7. The first-order valence-electron chi connectivity index (χ1n) is 10.6. The zero-order valence-electron chi connectivity index (χ0n) is 17.6. The molecule has 1 aliphatic rings. The lowest BCUT2D eigenvalue weighted by atomic mass is 10.1. The molecular formula is C24H27ClN4O2. The van der Waals surface area contributed by atoms with E-state index in [1.54, 1.807) is 0 Å². The highest BCUT2D eigenvalue weighted by molar-refractivity contribution is 6.30. The quantitative estimate of drug-likeness (QED) is 0.525. The molecule has 1 aromatic heterocycles. The highest BCUT2D eigenvalue weighted by Gasteiger charge is 2.30.